The van der Waals surface area contributed by atoms with Crippen molar-refractivity contribution in [3.8, 4) is 11.5 Å². The molecule has 0 fully saturated rings. The SMILES string of the molecule is Cc1noc(COc2ccc(OCC(C)(C)O)cc2)n1. The molecule has 108 valence electrons. The van der Waals surface area contributed by atoms with Crippen LogP contribution >= 0.6 is 0 Å². The first-order chi connectivity index (χ1) is 9.42. The van der Waals surface area contributed by atoms with Gasteiger partial charge in [-0.15, -0.1) is 0 Å². The van der Waals surface area contributed by atoms with Crippen molar-refractivity contribution in [1.82, 2.24) is 10.1 Å². The molecule has 20 heavy (non-hydrogen) atoms. The fourth-order valence-corrected chi connectivity index (χ4v) is 1.44. The van der Waals surface area contributed by atoms with Crippen LogP contribution in [0.1, 0.15) is 25.6 Å². The fraction of sp³-hybridized carbons (Fsp3) is 0.429. The van der Waals surface area contributed by atoms with Gasteiger partial charge in [-0.25, -0.2) is 0 Å². The number of rotatable bonds is 6. The Labute approximate surface area is 117 Å². The molecule has 1 aromatic carbocycles. The topological polar surface area (TPSA) is 77.6 Å². The Kier molecular flexibility index (Phi) is 4.24. The Morgan fingerprint density at radius 1 is 1.15 bits per heavy atom. The summed E-state index contributed by atoms with van der Waals surface area (Å²) in [6.45, 7) is 5.59. The fourth-order valence-electron chi connectivity index (χ4n) is 1.44. The molecule has 0 unspecified atom stereocenters. The quantitative estimate of drug-likeness (QED) is 0.872. The van der Waals surface area contributed by atoms with Crippen molar-refractivity contribution in [2.75, 3.05) is 6.61 Å². The van der Waals surface area contributed by atoms with Crippen LogP contribution in [0.25, 0.3) is 0 Å². The van der Waals surface area contributed by atoms with Crippen LogP contribution < -0.4 is 9.47 Å². The zero-order chi connectivity index (χ0) is 14.6. The van der Waals surface area contributed by atoms with Gasteiger partial charge in [0.2, 0.25) is 0 Å². The smallest absolute Gasteiger partial charge is 0.264 e. The second-order valence-corrected chi connectivity index (χ2v) is 5.10. The van der Waals surface area contributed by atoms with E-state index in [-0.39, 0.29) is 13.2 Å². The molecule has 0 amide bonds. The molecule has 6 nitrogen and oxygen atoms in total. The third-order valence-corrected chi connectivity index (χ3v) is 2.35. The standard InChI is InChI=1S/C14H18N2O4/c1-10-15-13(20-16-10)8-18-11-4-6-12(7-5-11)19-9-14(2,3)17/h4-7,17H,8-9H2,1-3H3. The largest absolute Gasteiger partial charge is 0.491 e. The molecule has 0 radical (unpaired) electrons. The van der Waals surface area contributed by atoms with E-state index in [1.807, 2.05) is 0 Å². The predicted molar refractivity (Wildman–Crippen MR) is 71.6 cm³/mol. The van der Waals surface area contributed by atoms with E-state index in [9.17, 15) is 5.11 Å². The van der Waals surface area contributed by atoms with Gasteiger partial charge in [0.1, 0.15) is 18.1 Å². The van der Waals surface area contributed by atoms with Crippen molar-refractivity contribution < 1.29 is 19.1 Å². The van der Waals surface area contributed by atoms with Crippen molar-refractivity contribution in [1.29, 1.82) is 0 Å². The van der Waals surface area contributed by atoms with E-state index >= 15 is 0 Å². The van der Waals surface area contributed by atoms with Gasteiger partial charge in [0.05, 0.1) is 5.60 Å². The maximum Gasteiger partial charge on any atom is 0.264 e. The number of hydrogen-bond donors (Lipinski definition) is 1. The van der Waals surface area contributed by atoms with Gasteiger partial charge in [-0.05, 0) is 45.0 Å². The Bertz CT molecular complexity index is 543. The molecule has 0 saturated carbocycles. The normalized spacial score (nSPS) is 11.4. The van der Waals surface area contributed by atoms with Crippen LogP contribution in [0, 0.1) is 6.92 Å². The average Bonchev–Trinajstić information content (AvgIpc) is 2.80. The summed E-state index contributed by atoms with van der Waals surface area (Å²) in [5, 5.41) is 13.3. The molecule has 2 rings (SSSR count). The molecule has 1 heterocycles. The molecule has 1 aromatic heterocycles. The predicted octanol–water partition coefficient (Wildman–Crippen LogP) is 2.11. The maximum atomic E-state index is 9.57. The van der Waals surface area contributed by atoms with E-state index in [0.29, 0.717) is 23.2 Å². The van der Waals surface area contributed by atoms with E-state index in [4.69, 9.17) is 14.0 Å². The molecule has 0 aliphatic heterocycles. The lowest BCUT2D eigenvalue weighted by atomic mass is 10.2. The number of nitrogens with zero attached hydrogens (tertiary/aromatic N) is 2. The summed E-state index contributed by atoms with van der Waals surface area (Å²) < 4.78 is 15.9. The van der Waals surface area contributed by atoms with E-state index in [1.165, 1.54) is 0 Å². The van der Waals surface area contributed by atoms with Gasteiger partial charge in [0.25, 0.3) is 5.89 Å². The first kappa shape index (κ1) is 14.3. The molecular weight excluding hydrogens is 260 g/mol. The van der Waals surface area contributed by atoms with Gasteiger partial charge in [-0.1, -0.05) is 5.16 Å². The number of aryl methyl sites for hydroxylation is 1. The lowest BCUT2D eigenvalue weighted by Crippen LogP contribution is -2.27. The molecule has 0 aliphatic rings. The summed E-state index contributed by atoms with van der Waals surface area (Å²) in [7, 11) is 0. The summed E-state index contributed by atoms with van der Waals surface area (Å²) in [4.78, 5) is 4.04. The molecule has 6 heteroatoms. The van der Waals surface area contributed by atoms with E-state index in [0.717, 1.165) is 0 Å². The van der Waals surface area contributed by atoms with E-state index in [2.05, 4.69) is 10.1 Å². The van der Waals surface area contributed by atoms with Crippen LogP contribution in [0.4, 0.5) is 0 Å². The van der Waals surface area contributed by atoms with Crippen LogP contribution in [-0.2, 0) is 6.61 Å². The Morgan fingerprint density at radius 2 is 1.75 bits per heavy atom. The molecular formula is C14H18N2O4. The maximum absolute atomic E-state index is 9.57. The molecule has 0 bridgehead atoms. The Balaban J connectivity index is 1.85. The molecule has 0 atom stereocenters. The number of hydrogen-bond acceptors (Lipinski definition) is 6. The second kappa shape index (κ2) is 5.92. The molecule has 0 spiro atoms. The highest BCUT2D eigenvalue weighted by Gasteiger charge is 2.13. The average molecular weight is 278 g/mol. The highest BCUT2D eigenvalue weighted by Crippen LogP contribution is 2.19. The minimum atomic E-state index is -0.856. The summed E-state index contributed by atoms with van der Waals surface area (Å²) >= 11 is 0. The van der Waals surface area contributed by atoms with E-state index < -0.39 is 5.60 Å². The minimum Gasteiger partial charge on any atom is -0.491 e. The Morgan fingerprint density at radius 3 is 2.25 bits per heavy atom. The van der Waals surface area contributed by atoms with Crippen LogP contribution in [0.3, 0.4) is 0 Å². The number of ether oxygens (including phenoxy) is 2. The molecule has 1 N–H and O–H groups in total. The van der Waals surface area contributed by atoms with Gasteiger partial charge in [0, 0.05) is 0 Å². The lowest BCUT2D eigenvalue weighted by molar-refractivity contribution is 0.0284. The molecule has 0 saturated heterocycles. The van der Waals surface area contributed by atoms with Gasteiger partial charge in [-0.2, -0.15) is 4.98 Å². The van der Waals surface area contributed by atoms with Gasteiger partial charge < -0.3 is 19.1 Å². The van der Waals surface area contributed by atoms with Gasteiger partial charge >= 0.3 is 0 Å². The van der Waals surface area contributed by atoms with Crippen LogP contribution in [0.15, 0.2) is 28.8 Å². The lowest BCUT2D eigenvalue weighted by Gasteiger charge is -2.17. The van der Waals surface area contributed by atoms with Crippen molar-refractivity contribution in [3.05, 3.63) is 36.0 Å². The summed E-state index contributed by atoms with van der Waals surface area (Å²) in [5.74, 6) is 2.37. The first-order valence-electron chi connectivity index (χ1n) is 6.30. The van der Waals surface area contributed by atoms with E-state index in [1.54, 1.807) is 45.0 Å². The number of aromatic nitrogens is 2. The molecule has 0 aliphatic carbocycles. The highest BCUT2D eigenvalue weighted by molar-refractivity contribution is 5.31. The van der Waals surface area contributed by atoms with Crippen molar-refractivity contribution in [2.24, 2.45) is 0 Å². The monoisotopic (exact) mass is 278 g/mol. The molecule has 2 aromatic rings. The van der Waals surface area contributed by atoms with Gasteiger partial charge in [-0.3, -0.25) is 0 Å². The third-order valence-electron chi connectivity index (χ3n) is 2.35. The summed E-state index contributed by atoms with van der Waals surface area (Å²) in [5.41, 5.74) is -0.856. The van der Waals surface area contributed by atoms with Crippen molar-refractivity contribution >= 4 is 0 Å². The zero-order valence-corrected chi connectivity index (χ0v) is 11.8. The van der Waals surface area contributed by atoms with Crippen LogP contribution in [0.5, 0.6) is 11.5 Å². The second-order valence-electron chi connectivity index (χ2n) is 5.10. The number of benzene rings is 1. The summed E-state index contributed by atoms with van der Waals surface area (Å²) in [6, 6.07) is 7.12. The van der Waals surface area contributed by atoms with Crippen LogP contribution in [-0.4, -0.2) is 27.5 Å². The third kappa shape index (κ3) is 4.55. The van der Waals surface area contributed by atoms with Crippen molar-refractivity contribution in [2.45, 2.75) is 33.0 Å². The first-order valence-corrected chi connectivity index (χ1v) is 6.30. The van der Waals surface area contributed by atoms with Gasteiger partial charge in [0.15, 0.2) is 12.4 Å². The number of aliphatic hydroxyl groups is 1. The minimum absolute atomic E-state index is 0.227. The summed E-state index contributed by atoms with van der Waals surface area (Å²) in [6.07, 6.45) is 0. The van der Waals surface area contributed by atoms with Crippen molar-refractivity contribution in [3.63, 3.8) is 0 Å². The zero-order valence-electron chi connectivity index (χ0n) is 11.8. The Hall–Kier alpha value is -2.08. The highest BCUT2D eigenvalue weighted by atomic mass is 16.5. The van der Waals surface area contributed by atoms with Crippen LogP contribution in [0.2, 0.25) is 0 Å².